The van der Waals surface area contributed by atoms with Crippen LogP contribution in [0.3, 0.4) is 0 Å². The van der Waals surface area contributed by atoms with Crippen LogP contribution in [0.2, 0.25) is 0 Å². The van der Waals surface area contributed by atoms with Crippen LogP contribution < -0.4 is 10.4 Å². The summed E-state index contributed by atoms with van der Waals surface area (Å²) in [6, 6.07) is 12.0. The van der Waals surface area contributed by atoms with Crippen LogP contribution >= 0.6 is 0 Å². The molecule has 6 nitrogen and oxygen atoms in total. The molecule has 0 spiro atoms. The summed E-state index contributed by atoms with van der Waals surface area (Å²) in [5.41, 5.74) is 2.37. The van der Waals surface area contributed by atoms with Crippen molar-refractivity contribution in [2.24, 2.45) is 0 Å². The predicted octanol–water partition coefficient (Wildman–Crippen LogP) is 4.30. The van der Waals surface area contributed by atoms with E-state index in [0.29, 0.717) is 16.2 Å². The van der Waals surface area contributed by atoms with E-state index in [2.05, 4.69) is 10.2 Å². The second-order valence-corrected chi connectivity index (χ2v) is 7.21. The van der Waals surface area contributed by atoms with Crippen molar-refractivity contribution >= 4 is 23.6 Å². The van der Waals surface area contributed by atoms with Gasteiger partial charge in [-0.3, -0.25) is 4.79 Å². The van der Waals surface area contributed by atoms with E-state index >= 15 is 0 Å². The third kappa shape index (κ3) is 5.34. The van der Waals surface area contributed by atoms with Gasteiger partial charge in [-0.1, -0.05) is 29.8 Å². The second kappa shape index (κ2) is 9.66. The molecule has 1 amide bonds. The Bertz CT molecular complexity index is 1100. The smallest absolute Gasteiger partial charge is 0.324 e. The number of piperidine rings is 1. The molecule has 32 heavy (non-hydrogen) atoms. The zero-order valence-electron chi connectivity index (χ0n) is 17.2. The first kappa shape index (κ1) is 23.0. The molecule has 2 aromatic carbocycles. The number of alkyl halides is 3. The molecule has 0 aromatic heterocycles. The number of nitrogens with one attached hydrogen (secondary N) is 1. The Morgan fingerprint density at radius 3 is 2.50 bits per heavy atom. The molecule has 0 radical (unpaired) electrons. The highest BCUT2D eigenvalue weighted by Gasteiger charge is 2.44. The molecule has 0 saturated carbocycles. The van der Waals surface area contributed by atoms with Crippen molar-refractivity contribution in [3.8, 4) is 6.07 Å². The molecule has 2 aromatic rings. The lowest BCUT2D eigenvalue weighted by Crippen LogP contribution is -2.39. The van der Waals surface area contributed by atoms with Gasteiger partial charge in [-0.2, -0.15) is 18.4 Å². The fourth-order valence-electron chi connectivity index (χ4n) is 3.30. The van der Waals surface area contributed by atoms with Crippen LogP contribution in [-0.4, -0.2) is 31.1 Å². The summed E-state index contributed by atoms with van der Waals surface area (Å²) in [6.45, 7) is 3.29. The van der Waals surface area contributed by atoms with Gasteiger partial charge in [-0.05, 0) is 68.2 Å². The van der Waals surface area contributed by atoms with Gasteiger partial charge in [0.15, 0.2) is 0 Å². The Kier molecular flexibility index (Phi) is 6.95. The van der Waals surface area contributed by atoms with Crippen molar-refractivity contribution in [3.63, 3.8) is 0 Å². The van der Waals surface area contributed by atoms with Crippen LogP contribution in [0, 0.1) is 18.3 Å². The lowest BCUT2D eigenvalue weighted by atomic mass is 9.99. The molecule has 1 heterocycles. The monoisotopic (exact) mass is 443 g/mol. The molecular weight excluding hydrogens is 423 g/mol. The number of hydroxylamine groups is 1. The highest BCUT2D eigenvalue weighted by Crippen LogP contribution is 2.29. The highest BCUT2D eigenvalue weighted by molar-refractivity contribution is 6.06. The van der Waals surface area contributed by atoms with Crippen LogP contribution in [-0.2, 0) is 9.63 Å². The summed E-state index contributed by atoms with van der Waals surface area (Å²) in [4.78, 5) is 29.2. The van der Waals surface area contributed by atoms with E-state index in [4.69, 9.17) is 5.26 Å². The van der Waals surface area contributed by atoms with E-state index in [9.17, 15) is 22.8 Å². The number of amides is 1. The lowest BCUT2D eigenvalue weighted by molar-refractivity contribution is -0.200. The number of anilines is 1. The first-order chi connectivity index (χ1) is 15.2. The van der Waals surface area contributed by atoms with E-state index in [-0.39, 0.29) is 16.8 Å². The average Bonchev–Trinajstić information content (AvgIpc) is 2.78. The molecule has 0 unspecified atom stereocenters. The zero-order chi connectivity index (χ0) is 23.3. The number of carbonyl (C=O) groups is 2. The number of nitriles is 1. The third-order valence-electron chi connectivity index (χ3n) is 5.00. The van der Waals surface area contributed by atoms with Gasteiger partial charge in [0.25, 0.3) is 5.91 Å². The van der Waals surface area contributed by atoms with Gasteiger partial charge < -0.3 is 10.2 Å². The van der Waals surface area contributed by atoms with Crippen molar-refractivity contribution in [1.82, 2.24) is 5.32 Å². The average molecular weight is 443 g/mol. The molecule has 9 heteroatoms. The minimum atomic E-state index is -5.30. The molecule has 1 saturated heterocycles. The van der Waals surface area contributed by atoms with E-state index in [1.807, 2.05) is 12.1 Å². The van der Waals surface area contributed by atoms with Crippen LogP contribution in [0.5, 0.6) is 0 Å². The fourth-order valence-corrected chi connectivity index (χ4v) is 3.30. The van der Waals surface area contributed by atoms with Crippen molar-refractivity contribution in [3.05, 3.63) is 70.3 Å². The number of halogens is 3. The van der Waals surface area contributed by atoms with Gasteiger partial charge in [0.2, 0.25) is 0 Å². The summed E-state index contributed by atoms with van der Waals surface area (Å²) in [7, 11) is 0. The van der Waals surface area contributed by atoms with Crippen molar-refractivity contribution in [2.75, 3.05) is 18.2 Å². The van der Waals surface area contributed by atoms with Crippen LogP contribution in [0.1, 0.15) is 39.9 Å². The van der Waals surface area contributed by atoms with Crippen LogP contribution in [0.4, 0.5) is 18.9 Å². The topological polar surface area (TPSA) is 82.4 Å². The Labute approximate surface area is 182 Å². The quantitative estimate of drug-likeness (QED) is 0.716. The number of hydrogen-bond donors (Lipinski definition) is 1. The number of benzene rings is 2. The number of rotatable bonds is 3. The van der Waals surface area contributed by atoms with Crippen molar-refractivity contribution in [2.45, 2.75) is 25.9 Å². The largest absolute Gasteiger partial charge is 0.493 e. The predicted molar refractivity (Wildman–Crippen MR) is 111 cm³/mol. The van der Waals surface area contributed by atoms with Crippen molar-refractivity contribution < 1.29 is 27.6 Å². The molecule has 0 aliphatic carbocycles. The van der Waals surface area contributed by atoms with Gasteiger partial charge in [0.1, 0.15) is 0 Å². The summed E-state index contributed by atoms with van der Waals surface area (Å²) < 4.78 is 38.8. The number of nitrogens with zero attached hydrogens (tertiary/aromatic N) is 2. The van der Waals surface area contributed by atoms with Crippen LogP contribution in [0.25, 0.3) is 6.08 Å². The molecule has 1 fully saturated rings. The Hall–Kier alpha value is -3.64. The molecule has 1 aliphatic rings. The second-order valence-electron chi connectivity index (χ2n) is 7.21. The Morgan fingerprint density at radius 2 is 1.84 bits per heavy atom. The van der Waals surface area contributed by atoms with E-state index in [1.54, 1.807) is 19.1 Å². The SMILES string of the molecule is Cc1c(C=C2CCNCC2)cccc1N(OC(=O)C(F)(F)F)C(=O)c1cccc(C#N)c1. The van der Waals surface area contributed by atoms with E-state index in [1.165, 1.54) is 30.3 Å². The van der Waals surface area contributed by atoms with Gasteiger partial charge in [-0.25, -0.2) is 4.79 Å². The molecule has 0 atom stereocenters. The highest BCUT2D eigenvalue weighted by atomic mass is 19.4. The Balaban J connectivity index is 2.05. The summed E-state index contributed by atoms with van der Waals surface area (Å²) >= 11 is 0. The van der Waals surface area contributed by atoms with Gasteiger partial charge in [0.05, 0.1) is 17.3 Å². The maximum Gasteiger partial charge on any atom is 0.493 e. The van der Waals surface area contributed by atoms with Gasteiger partial charge in [-0.15, -0.1) is 5.06 Å². The van der Waals surface area contributed by atoms with Gasteiger partial charge in [0, 0.05) is 5.56 Å². The first-order valence-electron chi connectivity index (χ1n) is 9.84. The first-order valence-corrected chi connectivity index (χ1v) is 9.84. The molecule has 1 aliphatic heterocycles. The fraction of sp³-hybridized carbons (Fsp3) is 0.261. The summed E-state index contributed by atoms with van der Waals surface area (Å²) in [5, 5.41) is 12.6. The normalized spacial score (nSPS) is 13.8. The number of carbonyl (C=O) groups excluding carboxylic acids is 2. The maximum atomic E-state index is 13.1. The Morgan fingerprint density at radius 1 is 1.16 bits per heavy atom. The van der Waals surface area contributed by atoms with E-state index < -0.39 is 18.1 Å². The third-order valence-corrected chi connectivity index (χ3v) is 5.00. The molecule has 3 rings (SSSR count). The van der Waals surface area contributed by atoms with Crippen LogP contribution in [0.15, 0.2) is 48.0 Å². The maximum absolute atomic E-state index is 13.1. The minimum absolute atomic E-state index is 0.00162. The zero-order valence-corrected chi connectivity index (χ0v) is 17.2. The molecular formula is C23H20F3N3O3. The lowest BCUT2D eigenvalue weighted by Gasteiger charge is -2.24. The summed E-state index contributed by atoms with van der Waals surface area (Å²) in [6.07, 6.45) is -1.70. The summed E-state index contributed by atoms with van der Waals surface area (Å²) in [5.74, 6) is -3.53. The standard InChI is InChI=1S/C23H20F3N3O3/c1-15-18(12-16-8-10-28-11-9-16)5-3-7-20(15)29(32-22(31)23(24,25)26)21(30)19-6-2-4-17(13-19)14-27/h2-7,12-13,28H,8-11H2,1H3. The minimum Gasteiger partial charge on any atom is -0.324 e. The molecule has 166 valence electrons. The number of hydrogen-bond acceptors (Lipinski definition) is 5. The van der Waals surface area contributed by atoms with E-state index in [0.717, 1.165) is 31.5 Å². The van der Waals surface area contributed by atoms with Gasteiger partial charge >= 0.3 is 12.1 Å². The van der Waals surface area contributed by atoms with Crippen molar-refractivity contribution in [1.29, 1.82) is 5.26 Å². The molecule has 0 bridgehead atoms. The molecule has 1 N–H and O–H groups in total.